The Morgan fingerprint density at radius 2 is 0.618 bits per heavy atom. The first-order valence-corrected chi connectivity index (χ1v) is 16.0. The third kappa shape index (κ3) is 17.7. The van der Waals surface area contributed by atoms with Gasteiger partial charge < -0.3 is 9.80 Å². The summed E-state index contributed by atoms with van der Waals surface area (Å²) in [6, 6.07) is 0. The van der Waals surface area contributed by atoms with Gasteiger partial charge in [0, 0.05) is 25.5 Å². The second-order valence-corrected chi connectivity index (χ2v) is 11.2. The minimum absolute atomic E-state index is 0.570. The van der Waals surface area contributed by atoms with Crippen LogP contribution in [-0.2, 0) is 0 Å². The summed E-state index contributed by atoms with van der Waals surface area (Å²) in [5.41, 5.74) is 0. The quantitative estimate of drug-likeness (QED) is 0.114. The average Bonchev–Trinajstić information content (AvgIpc) is 3.19. The molecule has 202 valence electrons. The van der Waals surface area contributed by atoms with Crippen LogP contribution in [-0.4, -0.2) is 29.1 Å². The molecule has 1 atom stereocenters. The van der Waals surface area contributed by atoms with E-state index in [1.807, 2.05) is 0 Å². The van der Waals surface area contributed by atoms with Crippen molar-refractivity contribution in [1.29, 1.82) is 0 Å². The third-order valence-corrected chi connectivity index (χ3v) is 7.95. The van der Waals surface area contributed by atoms with Gasteiger partial charge in [-0.1, -0.05) is 155 Å². The van der Waals surface area contributed by atoms with E-state index in [1.54, 1.807) is 0 Å². The van der Waals surface area contributed by atoms with E-state index >= 15 is 0 Å². The topological polar surface area (TPSA) is 6.48 Å². The van der Waals surface area contributed by atoms with E-state index in [0.29, 0.717) is 6.17 Å². The van der Waals surface area contributed by atoms with Gasteiger partial charge in [-0.3, -0.25) is 0 Å². The summed E-state index contributed by atoms with van der Waals surface area (Å²) >= 11 is 0. The lowest BCUT2D eigenvalue weighted by atomic mass is 10.0. The van der Waals surface area contributed by atoms with Gasteiger partial charge in [0.05, 0.1) is 6.17 Å². The van der Waals surface area contributed by atoms with Crippen LogP contribution < -0.4 is 0 Å². The smallest absolute Gasteiger partial charge is 0.0977 e. The fourth-order valence-corrected chi connectivity index (χ4v) is 5.40. The summed E-state index contributed by atoms with van der Waals surface area (Å²) < 4.78 is 0. The van der Waals surface area contributed by atoms with Crippen molar-refractivity contribution >= 4 is 0 Å². The summed E-state index contributed by atoms with van der Waals surface area (Å²) in [5.74, 6) is 0. The minimum atomic E-state index is 0.570. The van der Waals surface area contributed by atoms with E-state index in [9.17, 15) is 0 Å². The number of hydrogen-bond donors (Lipinski definition) is 0. The first kappa shape index (κ1) is 31.4. The molecule has 0 radical (unpaired) electrons. The van der Waals surface area contributed by atoms with Gasteiger partial charge in [0.2, 0.25) is 0 Å². The van der Waals surface area contributed by atoms with Crippen LogP contribution in [0.15, 0.2) is 12.4 Å². The Bertz CT molecular complexity index is 433. The normalized spacial score (nSPS) is 15.7. The minimum Gasteiger partial charge on any atom is -0.356 e. The van der Waals surface area contributed by atoms with E-state index in [-0.39, 0.29) is 0 Å². The Kier molecular flexibility index (Phi) is 22.2. The molecule has 0 amide bonds. The molecule has 0 spiro atoms. The highest BCUT2D eigenvalue weighted by Gasteiger charge is 2.20. The molecule has 1 aliphatic heterocycles. The predicted molar refractivity (Wildman–Crippen MR) is 154 cm³/mol. The molecule has 0 saturated heterocycles. The summed E-state index contributed by atoms with van der Waals surface area (Å²) in [6.45, 7) is 9.47. The van der Waals surface area contributed by atoms with Crippen LogP contribution >= 0.6 is 0 Å². The van der Waals surface area contributed by atoms with Gasteiger partial charge in [0.1, 0.15) is 0 Å². The number of rotatable bonds is 26. The average molecular weight is 477 g/mol. The Morgan fingerprint density at radius 1 is 0.382 bits per heavy atom. The third-order valence-electron chi connectivity index (χ3n) is 7.95. The first-order valence-electron chi connectivity index (χ1n) is 16.0. The van der Waals surface area contributed by atoms with Crippen LogP contribution in [0.2, 0.25) is 0 Å². The maximum Gasteiger partial charge on any atom is 0.0977 e. The van der Waals surface area contributed by atoms with Crippen LogP contribution in [0.4, 0.5) is 0 Å². The zero-order valence-electron chi connectivity index (χ0n) is 24.0. The maximum absolute atomic E-state index is 2.56. The monoisotopic (exact) mass is 477 g/mol. The van der Waals surface area contributed by atoms with Crippen LogP contribution in [0.5, 0.6) is 0 Å². The van der Waals surface area contributed by atoms with Crippen molar-refractivity contribution in [2.75, 3.05) is 13.1 Å². The van der Waals surface area contributed by atoms with Crippen molar-refractivity contribution in [3.05, 3.63) is 12.4 Å². The molecule has 0 aliphatic carbocycles. The Balaban J connectivity index is 1.83. The van der Waals surface area contributed by atoms with Gasteiger partial charge in [-0.25, -0.2) is 0 Å². The Hall–Kier alpha value is -0.660. The van der Waals surface area contributed by atoms with Gasteiger partial charge in [-0.2, -0.15) is 0 Å². The van der Waals surface area contributed by atoms with Gasteiger partial charge in [0.15, 0.2) is 0 Å². The van der Waals surface area contributed by atoms with Gasteiger partial charge >= 0.3 is 0 Å². The molecule has 1 rings (SSSR count). The van der Waals surface area contributed by atoms with E-state index in [1.165, 1.54) is 167 Å². The van der Waals surface area contributed by atoms with Crippen LogP contribution in [0.25, 0.3) is 0 Å². The van der Waals surface area contributed by atoms with E-state index in [2.05, 4.69) is 43.0 Å². The van der Waals surface area contributed by atoms with Crippen LogP contribution in [0.3, 0.4) is 0 Å². The second kappa shape index (κ2) is 24.1. The van der Waals surface area contributed by atoms with Crippen LogP contribution in [0.1, 0.15) is 175 Å². The van der Waals surface area contributed by atoms with Gasteiger partial charge in [-0.05, 0) is 19.8 Å². The molecule has 0 N–H and O–H groups in total. The molecular formula is C32H64N2. The molecule has 0 aromatic heterocycles. The Morgan fingerprint density at radius 3 is 0.882 bits per heavy atom. The standard InChI is InChI=1S/C32H64N2/c1-4-6-8-10-12-14-15-16-17-18-19-20-21-23-25-27-29-34-31-30-33(32(34)3)28-26-24-22-13-11-9-7-5-2/h30-32H,4-29H2,1-3H3. The summed E-state index contributed by atoms with van der Waals surface area (Å²) in [7, 11) is 0. The molecule has 1 unspecified atom stereocenters. The van der Waals surface area contributed by atoms with E-state index in [4.69, 9.17) is 0 Å². The van der Waals surface area contributed by atoms with Crippen LogP contribution in [0, 0.1) is 0 Å². The largest absolute Gasteiger partial charge is 0.356 e. The lowest BCUT2D eigenvalue weighted by Crippen LogP contribution is -2.36. The first-order chi connectivity index (χ1) is 16.8. The maximum atomic E-state index is 2.56. The number of nitrogens with zero attached hydrogens (tertiary/aromatic N) is 2. The van der Waals surface area contributed by atoms with Crippen molar-refractivity contribution < 1.29 is 0 Å². The molecule has 1 heterocycles. The molecule has 0 aromatic carbocycles. The predicted octanol–water partition coefficient (Wildman–Crippen LogP) is 10.8. The second-order valence-electron chi connectivity index (χ2n) is 11.2. The lowest BCUT2D eigenvalue weighted by molar-refractivity contribution is 0.165. The lowest BCUT2D eigenvalue weighted by Gasteiger charge is -2.30. The zero-order valence-corrected chi connectivity index (χ0v) is 24.0. The summed E-state index contributed by atoms with van der Waals surface area (Å²) in [6.07, 6.45) is 39.7. The molecule has 1 aliphatic rings. The van der Waals surface area contributed by atoms with Gasteiger partial charge in [-0.15, -0.1) is 0 Å². The highest BCUT2D eigenvalue weighted by Crippen LogP contribution is 2.19. The van der Waals surface area contributed by atoms with Crippen molar-refractivity contribution in [3.8, 4) is 0 Å². The molecule has 0 bridgehead atoms. The molecule has 2 nitrogen and oxygen atoms in total. The summed E-state index contributed by atoms with van der Waals surface area (Å²) in [5, 5.41) is 0. The van der Waals surface area contributed by atoms with Gasteiger partial charge in [0.25, 0.3) is 0 Å². The van der Waals surface area contributed by atoms with E-state index < -0.39 is 0 Å². The highest BCUT2D eigenvalue weighted by atomic mass is 15.4. The molecular weight excluding hydrogens is 412 g/mol. The van der Waals surface area contributed by atoms with Crippen molar-refractivity contribution in [3.63, 3.8) is 0 Å². The highest BCUT2D eigenvalue weighted by molar-refractivity contribution is 4.95. The zero-order chi connectivity index (χ0) is 24.5. The molecule has 0 saturated carbocycles. The SMILES string of the molecule is CCCCCCCCCCCCCCCCCCN1C=CN(CCCCCCCCCC)C1C. The molecule has 34 heavy (non-hydrogen) atoms. The molecule has 2 heteroatoms. The number of hydrogen-bond acceptors (Lipinski definition) is 2. The fourth-order valence-electron chi connectivity index (χ4n) is 5.40. The number of unbranched alkanes of at least 4 members (excludes halogenated alkanes) is 22. The fraction of sp³-hybridized carbons (Fsp3) is 0.938. The van der Waals surface area contributed by atoms with Crippen molar-refractivity contribution in [1.82, 2.24) is 9.80 Å². The van der Waals surface area contributed by atoms with Crippen molar-refractivity contribution in [2.24, 2.45) is 0 Å². The summed E-state index contributed by atoms with van der Waals surface area (Å²) in [4.78, 5) is 5.12. The molecule has 0 fully saturated rings. The molecule has 0 aromatic rings. The Labute approximate surface area is 216 Å². The van der Waals surface area contributed by atoms with Crippen molar-refractivity contribution in [2.45, 2.75) is 181 Å². The van der Waals surface area contributed by atoms with E-state index in [0.717, 1.165) is 0 Å².